The molecule has 0 unspecified atom stereocenters. The number of fused-ring (bicyclic) bond motifs is 1. The van der Waals surface area contributed by atoms with Gasteiger partial charge in [-0.3, -0.25) is 14.9 Å². The van der Waals surface area contributed by atoms with E-state index in [1.54, 1.807) is 25.0 Å². The Morgan fingerprint density at radius 2 is 2.00 bits per heavy atom. The number of pyridine rings is 1. The highest BCUT2D eigenvalue weighted by molar-refractivity contribution is 7.99. The number of hydrogen-bond donors (Lipinski definition) is 2. The molecule has 7 nitrogen and oxygen atoms in total. The monoisotopic (exact) mass is 527 g/mol. The van der Waals surface area contributed by atoms with Crippen LogP contribution in [0.4, 0.5) is 0 Å². The molecule has 2 aromatic carbocycles. The average Bonchev–Trinajstić information content (AvgIpc) is 3.35. The number of nitrogens with zero attached hydrogens (tertiary/aromatic N) is 3. The minimum Gasteiger partial charge on any atom is -0.492 e. The first-order valence-electron chi connectivity index (χ1n) is 13.0. The number of carbonyl (C=O) groups is 1. The molecule has 1 fully saturated rings. The highest BCUT2D eigenvalue weighted by Gasteiger charge is 2.16. The van der Waals surface area contributed by atoms with Crippen LogP contribution in [0.2, 0.25) is 0 Å². The van der Waals surface area contributed by atoms with Gasteiger partial charge in [0.25, 0.3) is 5.91 Å². The molecule has 3 heterocycles. The number of aromatic nitrogens is 3. The van der Waals surface area contributed by atoms with Gasteiger partial charge in [0.05, 0.1) is 35.3 Å². The minimum atomic E-state index is -0.0935. The van der Waals surface area contributed by atoms with Crippen molar-refractivity contribution in [3.63, 3.8) is 0 Å². The van der Waals surface area contributed by atoms with Crippen LogP contribution in [0.25, 0.3) is 23.1 Å². The van der Waals surface area contributed by atoms with Crippen molar-refractivity contribution >= 4 is 40.7 Å². The van der Waals surface area contributed by atoms with Gasteiger partial charge in [-0.25, -0.2) is 0 Å². The molecule has 5 rings (SSSR count). The quantitative estimate of drug-likeness (QED) is 0.288. The summed E-state index contributed by atoms with van der Waals surface area (Å²) in [4.78, 5) is 21.1. The lowest BCUT2D eigenvalue weighted by Gasteiger charge is -2.28. The predicted molar refractivity (Wildman–Crippen MR) is 154 cm³/mol. The standard InChI is InChI=1S/C30H33N5O2S/c1-31-30(36)26-5-3-4-6-29(26)38-24-10-11-25-27(33-34-28(25)19-24)12-8-22-7-9-23(20-32-22)37-18-15-21-13-16-35(2)17-14-21/h3-12,19-21H,13-18H2,1-2H3,(H,31,36)(H,33,34)/b12-8+. The molecular weight excluding hydrogens is 494 g/mol. The van der Waals surface area contributed by atoms with Crippen molar-refractivity contribution < 1.29 is 9.53 Å². The zero-order valence-corrected chi connectivity index (χ0v) is 22.6. The third kappa shape index (κ3) is 6.44. The predicted octanol–water partition coefficient (Wildman–Crippen LogP) is 5.75. The lowest BCUT2D eigenvalue weighted by molar-refractivity contribution is 0.0960. The van der Waals surface area contributed by atoms with E-state index in [0.29, 0.717) is 5.56 Å². The van der Waals surface area contributed by atoms with Gasteiger partial charge in [-0.15, -0.1) is 0 Å². The summed E-state index contributed by atoms with van der Waals surface area (Å²) in [6.07, 6.45) is 9.33. The van der Waals surface area contributed by atoms with Crippen LogP contribution in [-0.4, -0.2) is 59.8 Å². The molecule has 1 saturated heterocycles. The van der Waals surface area contributed by atoms with Crippen molar-refractivity contribution in [3.05, 3.63) is 77.7 Å². The Balaban J connectivity index is 1.19. The number of carbonyl (C=O) groups excluding carboxylic acids is 1. The molecule has 0 radical (unpaired) electrons. The van der Waals surface area contributed by atoms with Crippen LogP contribution in [0.1, 0.15) is 41.0 Å². The first-order valence-corrected chi connectivity index (χ1v) is 13.8. The van der Waals surface area contributed by atoms with E-state index in [9.17, 15) is 4.79 Å². The highest BCUT2D eigenvalue weighted by Crippen LogP contribution is 2.33. The Kier molecular flexibility index (Phi) is 8.41. The van der Waals surface area contributed by atoms with Gasteiger partial charge in [-0.1, -0.05) is 23.9 Å². The van der Waals surface area contributed by atoms with E-state index in [0.717, 1.165) is 56.8 Å². The van der Waals surface area contributed by atoms with E-state index >= 15 is 0 Å². The Morgan fingerprint density at radius 3 is 2.79 bits per heavy atom. The summed E-state index contributed by atoms with van der Waals surface area (Å²) in [7, 11) is 3.84. The zero-order valence-electron chi connectivity index (χ0n) is 21.8. The molecule has 4 aromatic rings. The number of rotatable bonds is 9. The summed E-state index contributed by atoms with van der Waals surface area (Å²) in [5.41, 5.74) is 3.30. The fourth-order valence-electron chi connectivity index (χ4n) is 4.65. The second kappa shape index (κ2) is 12.3. The lowest BCUT2D eigenvalue weighted by Crippen LogP contribution is -2.30. The van der Waals surface area contributed by atoms with Crippen molar-refractivity contribution in [2.24, 2.45) is 5.92 Å². The van der Waals surface area contributed by atoms with E-state index in [1.807, 2.05) is 48.6 Å². The Labute approximate surface area is 227 Å². The Bertz CT molecular complexity index is 1410. The van der Waals surface area contributed by atoms with Gasteiger partial charge in [-0.05, 0) is 99.9 Å². The molecule has 2 aromatic heterocycles. The van der Waals surface area contributed by atoms with Gasteiger partial charge < -0.3 is 15.0 Å². The van der Waals surface area contributed by atoms with Gasteiger partial charge in [0, 0.05) is 22.2 Å². The fourth-order valence-corrected chi connectivity index (χ4v) is 5.63. The van der Waals surface area contributed by atoms with Crippen LogP contribution < -0.4 is 10.1 Å². The van der Waals surface area contributed by atoms with Crippen LogP contribution in [0.15, 0.2) is 70.6 Å². The Hall–Kier alpha value is -3.62. The van der Waals surface area contributed by atoms with Crippen molar-refractivity contribution in [1.29, 1.82) is 0 Å². The molecule has 1 aliphatic rings. The summed E-state index contributed by atoms with van der Waals surface area (Å²) in [6.45, 7) is 3.11. The van der Waals surface area contributed by atoms with Gasteiger partial charge >= 0.3 is 0 Å². The summed E-state index contributed by atoms with van der Waals surface area (Å²) < 4.78 is 5.94. The Morgan fingerprint density at radius 1 is 1.16 bits per heavy atom. The summed E-state index contributed by atoms with van der Waals surface area (Å²) in [6, 6.07) is 17.7. The number of hydrogen-bond acceptors (Lipinski definition) is 6. The topological polar surface area (TPSA) is 83.1 Å². The number of nitrogens with one attached hydrogen (secondary N) is 2. The number of aromatic amines is 1. The molecular formula is C30H33N5O2S. The molecule has 1 amide bonds. The smallest absolute Gasteiger partial charge is 0.252 e. The number of benzene rings is 2. The molecule has 0 bridgehead atoms. The SMILES string of the molecule is CNC(=O)c1ccccc1Sc1ccc2c(/C=C/c3ccc(OCCC4CCN(C)CC4)cn3)n[nH]c2c1. The molecule has 2 N–H and O–H groups in total. The molecule has 38 heavy (non-hydrogen) atoms. The van der Waals surface area contributed by atoms with E-state index < -0.39 is 0 Å². The van der Waals surface area contributed by atoms with Crippen molar-refractivity contribution in [2.45, 2.75) is 29.1 Å². The third-order valence-electron chi connectivity index (χ3n) is 6.95. The molecule has 196 valence electrons. The van der Waals surface area contributed by atoms with Crippen molar-refractivity contribution in [3.8, 4) is 5.75 Å². The maximum Gasteiger partial charge on any atom is 0.252 e. The molecule has 0 atom stereocenters. The highest BCUT2D eigenvalue weighted by atomic mass is 32.2. The zero-order chi connectivity index (χ0) is 26.3. The van der Waals surface area contributed by atoms with Gasteiger partial charge in [-0.2, -0.15) is 5.10 Å². The van der Waals surface area contributed by atoms with E-state index in [1.165, 1.54) is 25.9 Å². The normalized spacial score (nSPS) is 14.8. The largest absolute Gasteiger partial charge is 0.492 e. The fraction of sp³-hybridized carbons (Fsp3) is 0.300. The van der Waals surface area contributed by atoms with Crippen LogP contribution in [0.3, 0.4) is 0 Å². The summed E-state index contributed by atoms with van der Waals surface area (Å²) in [5.74, 6) is 1.48. The summed E-state index contributed by atoms with van der Waals surface area (Å²) in [5, 5.41) is 11.3. The lowest BCUT2D eigenvalue weighted by atomic mass is 9.94. The molecule has 0 aliphatic carbocycles. The maximum absolute atomic E-state index is 12.2. The summed E-state index contributed by atoms with van der Waals surface area (Å²) >= 11 is 1.56. The molecule has 0 saturated carbocycles. The second-order valence-corrected chi connectivity index (χ2v) is 10.7. The first-order chi connectivity index (χ1) is 18.6. The third-order valence-corrected chi connectivity index (χ3v) is 8.02. The number of likely N-dealkylation sites (tertiary alicyclic amines) is 1. The second-order valence-electron chi connectivity index (χ2n) is 9.63. The van der Waals surface area contributed by atoms with Crippen LogP contribution in [0, 0.1) is 5.92 Å². The number of H-pyrrole nitrogens is 1. The number of amides is 1. The average molecular weight is 528 g/mol. The van der Waals surface area contributed by atoms with E-state index in [4.69, 9.17) is 4.74 Å². The minimum absolute atomic E-state index is 0.0935. The first kappa shape index (κ1) is 26.0. The number of ether oxygens (including phenoxy) is 1. The number of piperidine rings is 1. The van der Waals surface area contributed by atoms with Crippen LogP contribution in [0.5, 0.6) is 5.75 Å². The van der Waals surface area contributed by atoms with E-state index in [2.05, 4.69) is 50.6 Å². The van der Waals surface area contributed by atoms with Crippen molar-refractivity contribution in [1.82, 2.24) is 25.4 Å². The van der Waals surface area contributed by atoms with Gasteiger partial charge in [0.15, 0.2) is 0 Å². The van der Waals surface area contributed by atoms with Crippen molar-refractivity contribution in [2.75, 3.05) is 33.8 Å². The molecule has 1 aliphatic heterocycles. The van der Waals surface area contributed by atoms with Crippen LogP contribution in [-0.2, 0) is 0 Å². The molecule has 8 heteroatoms. The van der Waals surface area contributed by atoms with Crippen LogP contribution >= 0.6 is 11.8 Å². The van der Waals surface area contributed by atoms with Gasteiger partial charge in [0.2, 0.25) is 0 Å². The maximum atomic E-state index is 12.2. The van der Waals surface area contributed by atoms with E-state index in [-0.39, 0.29) is 5.91 Å². The molecule has 0 spiro atoms. The van der Waals surface area contributed by atoms with Gasteiger partial charge in [0.1, 0.15) is 5.75 Å².